The van der Waals surface area contributed by atoms with Gasteiger partial charge in [-0.05, 0) is 42.1 Å². The van der Waals surface area contributed by atoms with Crippen molar-refractivity contribution >= 4 is 22.9 Å². The molecule has 1 aliphatic rings. The third kappa shape index (κ3) is 6.57. The summed E-state index contributed by atoms with van der Waals surface area (Å²) in [5.41, 5.74) is 0.566. The van der Waals surface area contributed by atoms with Crippen molar-refractivity contribution in [1.82, 2.24) is 9.80 Å². The maximum Gasteiger partial charge on any atom is 0.387 e. The van der Waals surface area contributed by atoms with Crippen molar-refractivity contribution in [1.29, 1.82) is 0 Å². The molecule has 146 valence electrons. The molecular formula is C19H23F2N3O2S. The molecular weight excluding hydrogens is 372 g/mol. The van der Waals surface area contributed by atoms with Crippen LogP contribution in [0.25, 0.3) is 0 Å². The van der Waals surface area contributed by atoms with Gasteiger partial charge in [0, 0.05) is 43.3 Å². The minimum absolute atomic E-state index is 0.0710. The number of hydrogen-bond acceptors (Lipinski definition) is 5. The first-order valence-electron chi connectivity index (χ1n) is 8.90. The standard InChI is InChI=1S/C19H23F2N3O2S/c20-19(21)26-16-5-3-15(4-6-16)22-18(25)14-24-11-9-23(10-12-24)8-7-17-2-1-13-27-17/h1-6,13,19H,7-12,14H2,(H,22,25). The minimum Gasteiger partial charge on any atom is -0.435 e. The summed E-state index contributed by atoms with van der Waals surface area (Å²) in [6.07, 6.45) is 1.07. The highest BCUT2D eigenvalue weighted by molar-refractivity contribution is 7.09. The van der Waals surface area contributed by atoms with Gasteiger partial charge in [-0.1, -0.05) is 6.07 Å². The summed E-state index contributed by atoms with van der Waals surface area (Å²) in [6.45, 7) is 2.16. The van der Waals surface area contributed by atoms with Crippen LogP contribution in [0.3, 0.4) is 0 Å². The summed E-state index contributed by atoms with van der Waals surface area (Å²) in [5, 5.41) is 4.89. The molecule has 27 heavy (non-hydrogen) atoms. The molecule has 8 heteroatoms. The number of alkyl halides is 2. The molecule has 1 saturated heterocycles. The first-order valence-corrected chi connectivity index (χ1v) is 9.78. The summed E-state index contributed by atoms with van der Waals surface area (Å²) in [4.78, 5) is 18.2. The van der Waals surface area contributed by atoms with Crippen molar-refractivity contribution in [2.45, 2.75) is 13.0 Å². The molecule has 0 atom stereocenters. The number of nitrogens with one attached hydrogen (secondary N) is 1. The number of carbonyl (C=O) groups is 1. The van der Waals surface area contributed by atoms with Crippen LogP contribution in [0.4, 0.5) is 14.5 Å². The van der Waals surface area contributed by atoms with E-state index in [1.807, 2.05) is 0 Å². The Kier molecular flexibility index (Phi) is 7.14. The predicted molar refractivity (Wildman–Crippen MR) is 103 cm³/mol. The van der Waals surface area contributed by atoms with Gasteiger partial charge in [0.25, 0.3) is 0 Å². The van der Waals surface area contributed by atoms with Gasteiger partial charge in [0.1, 0.15) is 5.75 Å². The van der Waals surface area contributed by atoms with Gasteiger partial charge in [-0.15, -0.1) is 11.3 Å². The van der Waals surface area contributed by atoms with Crippen LogP contribution in [0.15, 0.2) is 41.8 Å². The molecule has 2 heterocycles. The van der Waals surface area contributed by atoms with Crippen LogP contribution < -0.4 is 10.1 Å². The van der Waals surface area contributed by atoms with Crippen molar-refractivity contribution in [3.05, 3.63) is 46.7 Å². The van der Waals surface area contributed by atoms with Crippen LogP contribution in [0.2, 0.25) is 0 Å². The van der Waals surface area contributed by atoms with Crippen LogP contribution in [0.1, 0.15) is 4.88 Å². The zero-order valence-electron chi connectivity index (χ0n) is 14.9. The minimum atomic E-state index is -2.85. The molecule has 3 rings (SSSR count). The summed E-state index contributed by atoms with van der Waals surface area (Å²) < 4.78 is 28.6. The summed E-state index contributed by atoms with van der Waals surface area (Å²) in [5.74, 6) is -0.0359. The molecule has 0 radical (unpaired) electrons. The second-order valence-corrected chi connectivity index (χ2v) is 7.43. The Morgan fingerprint density at radius 2 is 1.81 bits per heavy atom. The fourth-order valence-corrected chi connectivity index (χ4v) is 3.72. The first kappa shape index (κ1) is 19.7. The van der Waals surface area contributed by atoms with E-state index in [0.717, 1.165) is 39.1 Å². The Balaban J connectivity index is 1.36. The average molecular weight is 395 g/mol. The Morgan fingerprint density at radius 1 is 1.11 bits per heavy atom. The van der Waals surface area contributed by atoms with Crippen LogP contribution in [-0.4, -0.2) is 61.6 Å². The second kappa shape index (κ2) is 9.77. The average Bonchev–Trinajstić information content (AvgIpc) is 3.16. The largest absolute Gasteiger partial charge is 0.435 e. The van der Waals surface area contributed by atoms with Gasteiger partial charge in [0.15, 0.2) is 0 Å². The smallest absolute Gasteiger partial charge is 0.387 e. The Bertz CT molecular complexity index is 702. The number of anilines is 1. The van der Waals surface area contributed by atoms with Gasteiger partial charge in [-0.25, -0.2) is 0 Å². The first-order chi connectivity index (χ1) is 13.1. The maximum absolute atomic E-state index is 12.2. The van der Waals surface area contributed by atoms with Gasteiger partial charge in [-0.2, -0.15) is 8.78 Å². The van der Waals surface area contributed by atoms with Crippen molar-refractivity contribution in [3.63, 3.8) is 0 Å². The fourth-order valence-electron chi connectivity index (χ4n) is 3.02. The lowest BCUT2D eigenvalue weighted by molar-refractivity contribution is -0.117. The number of ether oxygens (including phenoxy) is 1. The van der Waals surface area contributed by atoms with Crippen molar-refractivity contribution in [2.24, 2.45) is 0 Å². The molecule has 0 spiro atoms. The third-order valence-electron chi connectivity index (χ3n) is 4.45. The molecule has 1 fully saturated rings. The van der Waals surface area contributed by atoms with E-state index in [-0.39, 0.29) is 11.7 Å². The van der Waals surface area contributed by atoms with E-state index in [0.29, 0.717) is 12.2 Å². The lowest BCUT2D eigenvalue weighted by Gasteiger charge is -2.34. The van der Waals surface area contributed by atoms with Gasteiger partial charge in [0.05, 0.1) is 6.54 Å². The van der Waals surface area contributed by atoms with E-state index in [4.69, 9.17) is 0 Å². The molecule has 2 aromatic rings. The van der Waals surface area contributed by atoms with Crippen LogP contribution in [-0.2, 0) is 11.2 Å². The number of hydrogen-bond donors (Lipinski definition) is 1. The van der Waals surface area contributed by atoms with Crippen molar-refractivity contribution in [2.75, 3.05) is 44.6 Å². The van der Waals surface area contributed by atoms with E-state index >= 15 is 0 Å². The summed E-state index contributed by atoms with van der Waals surface area (Å²) >= 11 is 1.79. The topological polar surface area (TPSA) is 44.8 Å². The number of nitrogens with zero attached hydrogens (tertiary/aromatic N) is 2. The summed E-state index contributed by atoms with van der Waals surface area (Å²) in [7, 11) is 0. The second-order valence-electron chi connectivity index (χ2n) is 6.40. The third-order valence-corrected chi connectivity index (χ3v) is 5.39. The van der Waals surface area contributed by atoms with Crippen LogP contribution >= 0.6 is 11.3 Å². The number of halogens is 2. The van der Waals surface area contributed by atoms with E-state index in [2.05, 4.69) is 37.4 Å². The molecule has 1 amide bonds. The number of carbonyl (C=O) groups excluding carboxylic acids is 1. The predicted octanol–water partition coefficient (Wildman–Crippen LogP) is 3.15. The van der Waals surface area contributed by atoms with Crippen molar-refractivity contribution < 1.29 is 18.3 Å². The molecule has 1 N–H and O–H groups in total. The van der Waals surface area contributed by atoms with Gasteiger partial charge in [-0.3, -0.25) is 9.69 Å². The normalized spacial score (nSPS) is 15.8. The highest BCUT2D eigenvalue weighted by Gasteiger charge is 2.19. The fraction of sp³-hybridized carbons (Fsp3) is 0.421. The highest BCUT2D eigenvalue weighted by Crippen LogP contribution is 2.17. The number of thiophene rings is 1. The molecule has 0 saturated carbocycles. The molecule has 1 aromatic heterocycles. The van der Waals surface area contributed by atoms with E-state index in [1.165, 1.54) is 17.0 Å². The summed E-state index contributed by atoms with van der Waals surface area (Å²) in [6, 6.07) is 10.2. The van der Waals surface area contributed by atoms with E-state index in [9.17, 15) is 13.6 Å². The van der Waals surface area contributed by atoms with Gasteiger partial charge >= 0.3 is 6.61 Å². The van der Waals surface area contributed by atoms with Crippen LogP contribution in [0.5, 0.6) is 5.75 Å². The van der Waals surface area contributed by atoms with Gasteiger partial charge in [0.2, 0.25) is 5.91 Å². The number of amides is 1. The Hall–Kier alpha value is -2.03. The molecule has 1 aromatic carbocycles. The number of benzene rings is 1. The lowest BCUT2D eigenvalue weighted by Crippen LogP contribution is -2.49. The molecule has 1 aliphatic heterocycles. The van der Waals surface area contributed by atoms with E-state index < -0.39 is 6.61 Å². The highest BCUT2D eigenvalue weighted by atomic mass is 32.1. The van der Waals surface area contributed by atoms with Crippen LogP contribution in [0, 0.1) is 0 Å². The van der Waals surface area contributed by atoms with E-state index in [1.54, 1.807) is 23.5 Å². The zero-order chi connectivity index (χ0) is 19.1. The monoisotopic (exact) mass is 395 g/mol. The lowest BCUT2D eigenvalue weighted by atomic mass is 10.2. The Morgan fingerprint density at radius 3 is 2.44 bits per heavy atom. The molecule has 5 nitrogen and oxygen atoms in total. The molecule has 0 bridgehead atoms. The van der Waals surface area contributed by atoms with Crippen molar-refractivity contribution in [3.8, 4) is 5.75 Å². The number of rotatable bonds is 8. The molecule has 0 unspecified atom stereocenters. The van der Waals surface area contributed by atoms with Gasteiger partial charge < -0.3 is 15.0 Å². The quantitative estimate of drug-likeness (QED) is 0.746. The Labute approximate surface area is 161 Å². The SMILES string of the molecule is O=C(CN1CCN(CCc2cccs2)CC1)Nc1ccc(OC(F)F)cc1. The molecule has 0 aliphatic carbocycles. The maximum atomic E-state index is 12.2. The number of piperazine rings is 1. The zero-order valence-corrected chi connectivity index (χ0v) is 15.8.